The largest absolute Gasteiger partial charge is 0.466 e. The van der Waals surface area contributed by atoms with E-state index in [1.165, 1.54) is 7.11 Å². The summed E-state index contributed by atoms with van der Waals surface area (Å²) in [4.78, 5) is 10.2. The lowest BCUT2D eigenvalue weighted by Gasteiger charge is -1.91. The highest BCUT2D eigenvalue weighted by molar-refractivity contribution is 5.86. The lowest BCUT2D eigenvalue weighted by atomic mass is 10.4. The van der Waals surface area contributed by atoms with Gasteiger partial charge < -0.3 is 14.9 Å². The van der Waals surface area contributed by atoms with Gasteiger partial charge in [0.15, 0.2) is 0 Å². The number of hydrogen-bond donors (Lipinski definition) is 2. The third-order valence-corrected chi connectivity index (χ3v) is 0.850. The van der Waals surface area contributed by atoms with Crippen LogP contribution in [0.25, 0.3) is 0 Å². The fraction of sp³-hybridized carbons (Fsp3) is 0.625. The first-order valence-electron chi connectivity index (χ1n) is 3.55. The van der Waals surface area contributed by atoms with E-state index in [0.717, 1.165) is 0 Å². The molecule has 0 amide bonds. The maximum absolute atomic E-state index is 10.2. The van der Waals surface area contributed by atoms with E-state index in [0.29, 0.717) is 12.0 Å². The van der Waals surface area contributed by atoms with Gasteiger partial charge in [0.05, 0.1) is 7.11 Å². The summed E-state index contributed by atoms with van der Waals surface area (Å²) in [6.45, 7) is 5.14. The number of esters is 1. The SMILES string of the molecule is C=C(C)C(=O)OC.OCCCO. The van der Waals surface area contributed by atoms with Crippen LogP contribution in [0.5, 0.6) is 0 Å². The van der Waals surface area contributed by atoms with Crippen LogP contribution in [0, 0.1) is 0 Å². The van der Waals surface area contributed by atoms with Crippen LogP contribution in [0.2, 0.25) is 0 Å². The summed E-state index contributed by atoms with van der Waals surface area (Å²) < 4.78 is 4.27. The van der Waals surface area contributed by atoms with Crippen molar-refractivity contribution in [2.45, 2.75) is 13.3 Å². The van der Waals surface area contributed by atoms with Crippen molar-refractivity contribution in [3.63, 3.8) is 0 Å². The van der Waals surface area contributed by atoms with Crippen molar-refractivity contribution in [2.24, 2.45) is 0 Å². The molecule has 0 aliphatic heterocycles. The summed E-state index contributed by atoms with van der Waals surface area (Å²) in [6, 6.07) is 0. The number of ether oxygens (including phenoxy) is 1. The number of aliphatic hydroxyl groups excluding tert-OH is 2. The highest BCUT2D eigenvalue weighted by atomic mass is 16.5. The van der Waals surface area contributed by atoms with Crippen LogP contribution < -0.4 is 0 Å². The number of methoxy groups -OCH3 is 1. The molecule has 0 saturated carbocycles. The Morgan fingerprint density at radius 2 is 1.83 bits per heavy atom. The molecule has 0 atom stereocenters. The van der Waals surface area contributed by atoms with Gasteiger partial charge in [-0.05, 0) is 13.3 Å². The molecule has 4 nitrogen and oxygen atoms in total. The Bertz CT molecular complexity index is 129. The highest BCUT2D eigenvalue weighted by Crippen LogP contribution is 1.87. The summed E-state index contributed by atoms with van der Waals surface area (Å²) in [5.74, 6) is -0.347. The normalized spacial score (nSPS) is 8.00. The second kappa shape index (κ2) is 10.1. The van der Waals surface area contributed by atoms with E-state index in [4.69, 9.17) is 10.2 Å². The van der Waals surface area contributed by atoms with Crippen LogP contribution in [-0.4, -0.2) is 36.5 Å². The molecule has 0 aromatic rings. The number of carbonyl (C=O) groups is 1. The van der Waals surface area contributed by atoms with E-state index in [1.807, 2.05) is 0 Å². The Balaban J connectivity index is 0. The topological polar surface area (TPSA) is 66.8 Å². The Kier molecular flexibility index (Phi) is 11.6. The van der Waals surface area contributed by atoms with Crippen LogP contribution in [0.1, 0.15) is 13.3 Å². The van der Waals surface area contributed by atoms with Gasteiger partial charge in [-0.15, -0.1) is 0 Å². The second-order valence-corrected chi connectivity index (χ2v) is 2.07. The van der Waals surface area contributed by atoms with Gasteiger partial charge in [0, 0.05) is 18.8 Å². The van der Waals surface area contributed by atoms with Crippen molar-refractivity contribution in [1.82, 2.24) is 0 Å². The van der Waals surface area contributed by atoms with Crippen molar-refractivity contribution in [2.75, 3.05) is 20.3 Å². The van der Waals surface area contributed by atoms with Crippen molar-refractivity contribution in [1.29, 1.82) is 0 Å². The predicted octanol–water partition coefficient (Wildman–Crippen LogP) is 0.0966. The van der Waals surface area contributed by atoms with E-state index < -0.39 is 0 Å². The molecule has 0 aliphatic carbocycles. The fourth-order valence-corrected chi connectivity index (χ4v) is 0.245. The zero-order chi connectivity index (χ0) is 9.98. The summed E-state index contributed by atoms with van der Waals surface area (Å²) in [6.07, 6.45) is 0.500. The molecule has 12 heavy (non-hydrogen) atoms. The Morgan fingerprint density at radius 3 is 1.83 bits per heavy atom. The van der Waals surface area contributed by atoms with Gasteiger partial charge in [-0.2, -0.15) is 0 Å². The van der Waals surface area contributed by atoms with Gasteiger partial charge in [0.25, 0.3) is 0 Å². The summed E-state index contributed by atoms with van der Waals surface area (Å²) in [7, 11) is 1.33. The van der Waals surface area contributed by atoms with Crippen LogP contribution in [0.15, 0.2) is 12.2 Å². The second-order valence-electron chi connectivity index (χ2n) is 2.07. The van der Waals surface area contributed by atoms with Crippen molar-refractivity contribution < 1.29 is 19.7 Å². The first kappa shape index (κ1) is 13.7. The van der Waals surface area contributed by atoms with E-state index in [-0.39, 0.29) is 19.2 Å². The van der Waals surface area contributed by atoms with Crippen LogP contribution >= 0.6 is 0 Å². The Hall–Kier alpha value is -0.870. The van der Waals surface area contributed by atoms with E-state index >= 15 is 0 Å². The molecule has 0 aromatic carbocycles. The highest BCUT2D eigenvalue weighted by Gasteiger charge is 1.95. The Labute approximate surface area is 72.5 Å². The van der Waals surface area contributed by atoms with Gasteiger partial charge in [0.1, 0.15) is 0 Å². The van der Waals surface area contributed by atoms with Crippen LogP contribution in [-0.2, 0) is 9.53 Å². The number of rotatable bonds is 3. The third kappa shape index (κ3) is 11.9. The monoisotopic (exact) mass is 176 g/mol. The molecule has 0 spiro atoms. The molecular formula is C8H16O4. The molecular weight excluding hydrogens is 160 g/mol. The maximum atomic E-state index is 10.2. The average molecular weight is 176 g/mol. The minimum Gasteiger partial charge on any atom is -0.466 e. The first-order chi connectivity index (χ1) is 5.59. The van der Waals surface area contributed by atoms with Gasteiger partial charge in [-0.25, -0.2) is 4.79 Å². The average Bonchev–Trinajstić information content (AvgIpc) is 2.05. The molecule has 0 fully saturated rings. The summed E-state index contributed by atoms with van der Waals surface area (Å²) >= 11 is 0. The molecule has 2 N–H and O–H groups in total. The van der Waals surface area contributed by atoms with Crippen molar-refractivity contribution >= 4 is 5.97 Å². The molecule has 0 unspecified atom stereocenters. The summed E-state index contributed by atoms with van der Waals surface area (Å²) in [5.41, 5.74) is 0.433. The lowest BCUT2D eigenvalue weighted by Crippen LogP contribution is -1.98. The molecule has 0 heterocycles. The quantitative estimate of drug-likeness (QED) is 0.472. The van der Waals surface area contributed by atoms with E-state index in [9.17, 15) is 4.79 Å². The molecule has 0 saturated heterocycles. The van der Waals surface area contributed by atoms with Crippen molar-refractivity contribution in [3.05, 3.63) is 12.2 Å². The van der Waals surface area contributed by atoms with E-state index in [1.54, 1.807) is 6.92 Å². The molecule has 0 rings (SSSR count). The minimum absolute atomic E-state index is 0.0938. The van der Waals surface area contributed by atoms with Gasteiger partial charge in [0.2, 0.25) is 0 Å². The Morgan fingerprint density at radius 1 is 1.42 bits per heavy atom. The lowest BCUT2D eigenvalue weighted by molar-refractivity contribution is -0.136. The van der Waals surface area contributed by atoms with Crippen molar-refractivity contribution in [3.8, 4) is 0 Å². The molecule has 4 heteroatoms. The van der Waals surface area contributed by atoms with Gasteiger partial charge in [-0.3, -0.25) is 0 Å². The number of carbonyl (C=O) groups excluding carboxylic acids is 1. The smallest absolute Gasteiger partial charge is 0.332 e. The van der Waals surface area contributed by atoms with Crippen LogP contribution in [0.4, 0.5) is 0 Å². The molecule has 72 valence electrons. The number of hydrogen-bond acceptors (Lipinski definition) is 4. The predicted molar refractivity (Wildman–Crippen MR) is 45.6 cm³/mol. The maximum Gasteiger partial charge on any atom is 0.332 e. The molecule has 0 radical (unpaired) electrons. The molecule has 0 bridgehead atoms. The zero-order valence-electron chi connectivity index (χ0n) is 7.54. The standard InChI is InChI=1S/C5H8O2.C3H8O2/c1-4(2)5(6)7-3;4-2-1-3-5/h1H2,2-3H3;4-5H,1-3H2. The third-order valence-electron chi connectivity index (χ3n) is 0.850. The van der Waals surface area contributed by atoms with Gasteiger partial charge in [-0.1, -0.05) is 6.58 Å². The zero-order valence-corrected chi connectivity index (χ0v) is 7.54. The van der Waals surface area contributed by atoms with Crippen LogP contribution in [0.3, 0.4) is 0 Å². The summed E-state index contributed by atoms with van der Waals surface area (Å²) in [5, 5.41) is 15.8. The first-order valence-corrected chi connectivity index (χ1v) is 3.55. The van der Waals surface area contributed by atoms with E-state index in [2.05, 4.69) is 11.3 Å². The number of aliphatic hydroxyl groups is 2. The molecule has 0 aromatic heterocycles. The van der Waals surface area contributed by atoms with Gasteiger partial charge >= 0.3 is 5.97 Å². The fourth-order valence-electron chi connectivity index (χ4n) is 0.245. The molecule has 0 aliphatic rings. The minimum atomic E-state index is -0.347.